The zero-order valence-electron chi connectivity index (χ0n) is 7.92. The van der Waals surface area contributed by atoms with Gasteiger partial charge in [-0.2, -0.15) is 0 Å². The van der Waals surface area contributed by atoms with Gasteiger partial charge in [0.25, 0.3) is 5.91 Å². The smallest absolute Gasteiger partial charge is 0.278 e. The molecule has 1 amide bonds. The summed E-state index contributed by atoms with van der Waals surface area (Å²) in [6.45, 7) is 2.84. The first-order chi connectivity index (χ1) is 5.58. The lowest BCUT2D eigenvalue weighted by Gasteiger charge is -2.40. The lowest BCUT2D eigenvalue weighted by Crippen LogP contribution is -2.60. The van der Waals surface area contributed by atoms with Crippen LogP contribution in [0.3, 0.4) is 0 Å². The molecule has 2 aliphatic rings. The molecule has 0 saturated carbocycles. The van der Waals surface area contributed by atoms with Crippen molar-refractivity contribution in [1.29, 1.82) is 0 Å². The zero-order valence-corrected chi connectivity index (χ0v) is 7.92. The Morgan fingerprint density at radius 1 is 1.50 bits per heavy atom. The molecule has 1 atom stereocenters. The van der Waals surface area contributed by atoms with E-state index in [2.05, 4.69) is 19.0 Å². The monoisotopic (exact) mass is 169 g/mol. The van der Waals surface area contributed by atoms with Crippen molar-refractivity contribution in [1.82, 2.24) is 4.90 Å². The lowest BCUT2D eigenvalue weighted by molar-refractivity contribution is -0.888. The first kappa shape index (κ1) is 8.05. The minimum Gasteiger partial charge on any atom is -0.329 e. The van der Waals surface area contributed by atoms with E-state index in [1.807, 2.05) is 0 Å². The predicted molar refractivity (Wildman–Crippen MR) is 46.6 cm³/mol. The van der Waals surface area contributed by atoms with Gasteiger partial charge < -0.3 is 9.38 Å². The van der Waals surface area contributed by atoms with E-state index in [4.69, 9.17) is 0 Å². The predicted octanol–water partition coefficient (Wildman–Crippen LogP) is 0.0674. The zero-order chi connectivity index (χ0) is 8.77. The number of carbonyl (C=O) groups excluding carboxylic acids is 1. The van der Waals surface area contributed by atoms with E-state index in [1.165, 1.54) is 12.8 Å². The molecule has 68 valence electrons. The van der Waals surface area contributed by atoms with Crippen molar-refractivity contribution in [3.05, 3.63) is 0 Å². The third-order valence-electron chi connectivity index (χ3n) is 2.97. The van der Waals surface area contributed by atoms with Gasteiger partial charge in [-0.15, -0.1) is 0 Å². The van der Waals surface area contributed by atoms with Gasteiger partial charge in [0, 0.05) is 6.54 Å². The molecule has 2 fully saturated rings. The van der Waals surface area contributed by atoms with Crippen LogP contribution in [0.15, 0.2) is 0 Å². The van der Waals surface area contributed by atoms with Gasteiger partial charge in [0.1, 0.15) is 0 Å². The van der Waals surface area contributed by atoms with Crippen molar-refractivity contribution in [3.63, 3.8) is 0 Å². The minimum absolute atomic E-state index is 0.355. The van der Waals surface area contributed by atoms with E-state index in [1.54, 1.807) is 0 Å². The van der Waals surface area contributed by atoms with Crippen LogP contribution in [0.2, 0.25) is 0 Å². The summed E-state index contributed by atoms with van der Waals surface area (Å²) in [6, 6.07) is 0.543. The minimum atomic E-state index is 0.355. The normalized spacial score (nSPS) is 33.7. The van der Waals surface area contributed by atoms with Crippen LogP contribution in [-0.4, -0.2) is 55.1 Å². The SMILES string of the molecule is C[N+]1(C)CC(=O)N2CCCC2C1. The van der Waals surface area contributed by atoms with Gasteiger partial charge >= 0.3 is 0 Å². The Morgan fingerprint density at radius 2 is 2.25 bits per heavy atom. The number of nitrogens with zero attached hydrogens (tertiary/aromatic N) is 2. The van der Waals surface area contributed by atoms with Gasteiger partial charge in [-0.3, -0.25) is 4.79 Å². The maximum atomic E-state index is 11.6. The quantitative estimate of drug-likeness (QED) is 0.470. The second-order valence-electron chi connectivity index (χ2n) is 4.66. The van der Waals surface area contributed by atoms with Gasteiger partial charge in [0.05, 0.1) is 26.7 Å². The fourth-order valence-electron chi connectivity index (χ4n) is 2.45. The van der Waals surface area contributed by atoms with E-state index >= 15 is 0 Å². The first-order valence-corrected chi connectivity index (χ1v) is 4.70. The van der Waals surface area contributed by atoms with E-state index in [9.17, 15) is 4.79 Å². The summed E-state index contributed by atoms with van der Waals surface area (Å²) in [4.78, 5) is 13.7. The number of fused-ring (bicyclic) bond motifs is 1. The molecule has 0 aliphatic carbocycles. The molecular formula is C9H17N2O+. The second-order valence-corrected chi connectivity index (χ2v) is 4.66. The number of hydrogen-bond donors (Lipinski definition) is 0. The Morgan fingerprint density at radius 3 is 3.00 bits per heavy atom. The third kappa shape index (κ3) is 1.22. The topological polar surface area (TPSA) is 20.3 Å². The summed E-state index contributed by atoms with van der Waals surface area (Å²) in [5.74, 6) is 0.355. The molecule has 0 aromatic heterocycles. The van der Waals surface area contributed by atoms with Crippen LogP contribution in [0.25, 0.3) is 0 Å². The maximum Gasteiger partial charge on any atom is 0.278 e. The molecule has 2 aliphatic heterocycles. The number of amides is 1. The molecule has 0 aromatic carbocycles. The van der Waals surface area contributed by atoms with Crippen LogP contribution >= 0.6 is 0 Å². The Kier molecular flexibility index (Phi) is 1.65. The van der Waals surface area contributed by atoms with E-state index in [0.29, 0.717) is 18.5 Å². The highest BCUT2D eigenvalue weighted by molar-refractivity contribution is 5.78. The summed E-state index contributed by atoms with van der Waals surface area (Å²) in [5.41, 5.74) is 0. The van der Waals surface area contributed by atoms with Crippen LogP contribution in [0.4, 0.5) is 0 Å². The van der Waals surface area contributed by atoms with Gasteiger partial charge in [0.2, 0.25) is 0 Å². The summed E-state index contributed by atoms with van der Waals surface area (Å²) in [7, 11) is 4.29. The molecule has 0 spiro atoms. The molecule has 2 heterocycles. The maximum absolute atomic E-state index is 11.6. The average molecular weight is 169 g/mol. The molecule has 12 heavy (non-hydrogen) atoms. The summed E-state index contributed by atoms with van der Waals surface area (Å²) in [6.07, 6.45) is 2.42. The molecule has 3 nitrogen and oxygen atoms in total. The average Bonchev–Trinajstić information content (AvgIpc) is 2.31. The molecule has 2 rings (SSSR count). The standard InChI is InChI=1S/C9H17N2O/c1-11(2)6-8-4-3-5-10(8)9(12)7-11/h8H,3-7H2,1-2H3/q+1. The Balaban J connectivity index is 2.15. The summed E-state index contributed by atoms with van der Waals surface area (Å²) in [5, 5.41) is 0. The lowest BCUT2D eigenvalue weighted by atomic mass is 10.1. The van der Waals surface area contributed by atoms with Crippen molar-refractivity contribution in [2.75, 3.05) is 33.7 Å². The highest BCUT2D eigenvalue weighted by atomic mass is 16.2. The fraction of sp³-hybridized carbons (Fsp3) is 0.889. The van der Waals surface area contributed by atoms with E-state index in [-0.39, 0.29) is 0 Å². The molecule has 3 heteroatoms. The third-order valence-corrected chi connectivity index (χ3v) is 2.97. The van der Waals surface area contributed by atoms with Crippen LogP contribution in [0, 0.1) is 0 Å². The number of piperazine rings is 1. The Bertz CT molecular complexity index is 213. The van der Waals surface area contributed by atoms with Crippen molar-refractivity contribution in [2.45, 2.75) is 18.9 Å². The Hall–Kier alpha value is -0.570. The molecule has 0 radical (unpaired) electrons. The molecule has 1 unspecified atom stereocenters. The molecule has 0 N–H and O–H groups in total. The summed E-state index contributed by atoms with van der Waals surface area (Å²) < 4.78 is 0.875. The number of rotatable bonds is 0. The van der Waals surface area contributed by atoms with Crippen LogP contribution < -0.4 is 0 Å². The van der Waals surface area contributed by atoms with Gasteiger partial charge in [-0.1, -0.05) is 0 Å². The number of quaternary nitrogens is 1. The highest BCUT2D eigenvalue weighted by Crippen LogP contribution is 2.24. The van der Waals surface area contributed by atoms with Crippen molar-refractivity contribution < 1.29 is 9.28 Å². The van der Waals surface area contributed by atoms with E-state index < -0.39 is 0 Å². The van der Waals surface area contributed by atoms with Crippen LogP contribution in [0.1, 0.15) is 12.8 Å². The molecule has 2 saturated heterocycles. The second kappa shape index (κ2) is 2.46. The highest BCUT2D eigenvalue weighted by Gasteiger charge is 2.40. The van der Waals surface area contributed by atoms with Crippen LogP contribution in [-0.2, 0) is 4.79 Å². The molecule has 0 bridgehead atoms. The number of hydrogen-bond acceptors (Lipinski definition) is 1. The van der Waals surface area contributed by atoms with Crippen molar-refractivity contribution in [3.8, 4) is 0 Å². The first-order valence-electron chi connectivity index (χ1n) is 4.70. The van der Waals surface area contributed by atoms with E-state index in [0.717, 1.165) is 17.6 Å². The molecule has 0 aromatic rings. The Labute approximate surface area is 73.5 Å². The van der Waals surface area contributed by atoms with Crippen molar-refractivity contribution >= 4 is 5.91 Å². The largest absolute Gasteiger partial charge is 0.329 e. The number of likely N-dealkylation sites (N-methyl/N-ethyl adjacent to an activating group) is 1. The fourth-order valence-corrected chi connectivity index (χ4v) is 2.45. The van der Waals surface area contributed by atoms with Crippen molar-refractivity contribution in [2.24, 2.45) is 0 Å². The molecular weight excluding hydrogens is 152 g/mol. The van der Waals surface area contributed by atoms with Gasteiger partial charge in [-0.05, 0) is 12.8 Å². The van der Waals surface area contributed by atoms with Gasteiger partial charge in [-0.25, -0.2) is 0 Å². The van der Waals surface area contributed by atoms with Crippen LogP contribution in [0.5, 0.6) is 0 Å². The number of carbonyl (C=O) groups is 1. The van der Waals surface area contributed by atoms with Gasteiger partial charge in [0.15, 0.2) is 6.54 Å². The summed E-state index contributed by atoms with van der Waals surface area (Å²) >= 11 is 0.